The van der Waals surface area contributed by atoms with Crippen molar-refractivity contribution in [3.8, 4) is 0 Å². The monoisotopic (exact) mass is 395 g/mol. The van der Waals surface area contributed by atoms with Crippen LogP contribution in [0.2, 0.25) is 0 Å². The number of aliphatic carboxylic acids is 1. The van der Waals surface area contributed by atoms with Gasteiger partial charge in [0.15, 0.2) is 0 Å². The molecule has 1 aliphatic carbocycles. The summed E-state index contributed by atoms with van der Waals surface area (Å²) in [5.74, 6) is -1.19. The van der Waals surface area contributed by atoms with E-state index in [1.165, 1.54) is 16.2 Å². The third-order valence-corrected chi connectivity index (χ3v) is 5.18. The molecule has 1 atom stereocenters. The molecule has 0 saturated heterocycles. The molecule has 1 aliphatic rings. The van der Waals surface area contributed by atoms with E-state index >= 15 is 0 Å². The maximum absolute atomic E-state index is 12.4. The number of carboxylic acid groups (broad SMARTS) is 1. The molecule has 1 aromatic rings. The van der Waals surface area contributed by atoms with Gasteiger partial charge in [0.2, 0.25) is 0 Å². The van der Waals surface area contributed by atoms with Gasteiger partial charge in [0.05, 0.1) is 13.1 Å². The van der Waals surface area contributed by atoms with Crippen LogP contribution in [-0.4, -0.2) is 34.0 Å². The van der Waals surface area contributed by atoms with Crippen molar-refractivity contribution in [3.05, 3.63) is 19.2 Å². The van der Waals surface area contributed by atoms with Crippen LogP contribution in [0.5, 0.6) is 0 Å². The molecule has 1 unspecified atom stereocenters. The fourth-order valence-electron chi connectivity index (χ4n) is 1.75. The van der Waals surface area contributed by atoms with E-state index in [0.29, 0.717) is 5.56 Å². The van der Waals surface area contributed by atoms with E-state index in [2.05, 4.69) is 31.9 Å². The molecule has 1 amide bonds. The molecule has 1 aromatic heterocycles. The maximum Gasteiger partial charge on any atom is 0.326 e. The first-order valence-electron chi connectivity index (χ1n) is 5.42. The summed E-state index contributed by atoms with van der Waals surface area (Å²) < 4.78 is 1.57. The number of hydrogen-bond acceptors (Lipinski definition) is 3. The lowest BCUT2D eigenvalue weighted by Gasteiger charge is -2.26. The second-order valence-electron chi connectivity index (χ2n) is 4.20. The lowest BCUT2D eigenvalue weighted by Crippen LogP contribution is -2.44. The standard InChI is InChI=1S/C11H11Br2NO3S/c1-5(11(16)17)14(6-2-3-6)10(15)7-4-8(12)18-9(7)13/h4-6H,2-3H2,1H3,(H,16,17). The van der Waals surface area contributed by atoms with E-state index in [1.54, 1.807) is 13.0 Å². The lowest BCUT2D eigenvalue weighted by atomic mass is 10.2. The Kier molecular flexibility index (Phi) is 4.13. The zero-order chi connectivity index (χ0) is 13.4. The average Bonchev–Trinajstić information content (AvgIpc) is 3.04. The van der Waals surface area contributed by atoms with Crippen LogP contribution in [0.15, 0.2) is 13.6 Å². The number of nitrogens with zero attached hydrogens (tertiary/aromatic N) is 1. The summed E-state index contributed by atoms with van der Waals surface area (Å²) >= 11 is 8.06. The van der Waals surface area contributed by atoms with E-state index < -0.39 is 12.0 Å². The molecule has 0 bridgehead atoms. The normalized spacial score (nSPS) is 16.4. The van der Waals surface area contributed by atoms with Crippen LogP contribution in [0.4, 0.5) is 0 Å². The predicted octanol–water partition coefficient (Wildman–Crippen LogP) is 3.35. The predicted molar refractivity (Wildman–Crippen MR) is 76.0 cm³/mol. The molecule has 0 aliphatic heterocycles. The number of rotatable bonds is 4. The lowest BCUT2D eigenvalue weighted by molar-refractivity contribution is -0.141. The maximum atomic E-state index is 12.4. The Morgan fingerprint density at radius 3 is 2.50 bits per heavy atom. The summed E-state index contributed by atoms with van der Waals surface area (Å²) in [6, 6.07) is 0.992. The Morgan fingerprint density at radius 2 is 2.11 bits per heavy atom. The van der Waals surface area contributed by atoms with E-state index in [0.717, 1.165) is 20.4 Å². The number of thiophene rings is 1. The van der Waals surface area contributed by atoms with Gasteiger partial charge in [-0.15, -0.1) is 11.3 Å². The molecule has 98 valence electrons. The summed E-state index contributed by atoms with van der Waals surface area (Å²) in [5.41, 5.74) is 0.520. The highest BCUT2D eigenvalue weighted by Gasteiger charge is 2.39. The molecule has 1 saturated carbocycles. The van der Waals surface area contributed by atoms with Gasteiger partial charge in [0.1, 0.15) is 6.04 Å². The second kappa shape index (κ2) is 5.30. The number of amides is 1. The van der Waals surface area contributed by atoms with Gasteiger partial charge in [-0.2, -0.15) is 0 Å². The van der Waals surface area contributed by atoms with Crippen molar-refractivity contribution < 1.29 is 14.7 Å². The largest absolute Gasteiger partial charge is 0.480 e. The van der Waals surface area contributed by atoms with Gasteiger partial charge < -0.3 is 10.0 Å². The summed E-state index contributed by atoms with van der Waals surface area (Å²) in [7, 11) is 0. The smallest absolute Gasteiger partial charge is 0.326 e. The molecule has 4 nitrogen and oxygen atoms in total. The van der Waals surface area contributed by atoms with Crippen molar-refractivity contribution in [2.45, 2.75) is 31.8 Å². The minimum Gasteiger partial charge on any atom is -0.480 e. The summed E-state index contributed by atoms with van der Waals surface area (Å²) in [5, 5.41) is 9.09. The molecule has 1 heterocycles. The van der Waals surface area contributed by atoms with Crippen molar-refractivity contribution >= 4 is 55.1 Å². The van der Waals surface area contributed by atoms with Crippen molar-refractivity contribution in [1.29, 1.82) is 0 Å². The number of carboxylic acids is 1. The van der Waals surface area contributed by atoms with Crippen LogP contribution in [0.3, 0.4) is 0 Å². The van der Waals surface area contributed by atoms with Gasteiger partial charge in [-0.05, 0) is 57.7 Å². The van der Waals surface area contributed by atoms with Crippen molar-refractivity contribution in [2.24, 2.45) is 0 Å². The SMILES string of the molecule is CC(C(=O)O)N(C(=O)c1cc(Br)sc1Br)C1CC1. The molecule has 18 heavy (non-hydrogen) atoms. The first-order chi connectivity index (χ1) is 8.41. The Hall–Kier alpha value is -0.400. The summed E-state index contributed by atoms with van der Waals surface area (Å²) in [6.45, 7) is 1.55. The molecule has 2 rings (SSSR count). The molecule has 0 aromatic carbocycles. The van der Waals surface area contributed by atoms with Gasteiger partial charge in [-0.1, -0.05) is 0 Å². The van der Waals surface area contributed by atoms with Crippen LogP contribution in [-0.2, 0) is 4.79 Å². The van der Waals surface area contributed by atoms with E-state index in [4.69, 9.17) is 5.11 Å². The first kappa shape index (κ1) is 14.0. The third-order valence-electron chi connectivity index (χ3n) is 2.84. The number of carbonyl (C=O) groups excluding carboxylic acids is 1. The minimum absolute atomic E-state index is 0.0641. The molecule has 1 N–H and O–H groups in total. The molecule has 0 spiro atoms. The zero-order valence-corrected chi connectivity index (χ0v) is 13.5. The highest BCUT2D eigenvalue weighted by atomic mass is 79.9. The highest BCUT2D eigenvalue weighted by Crippen LogP contribution is 2.36. The van der Waals surface area contributed by atoms with Crippen LogP contribution < -0.4 is 0 Å². The van der Waals surface area contributed by atoms with Gasteiger partial charge in [-0.3, -0.25) is 4.79 Å². The molecular formula is C11H11Br2NO3S. The molecule has 1 fully saturated rings. The summed E-state index contributed by atoms with van der Waals surface area (Å²) in [6.07, 6.45) is 1.76. The van der Waals surface area contributed by atoms with Gasteiger partial charge in [0, 0.05) is 6.04 Å². The van der Waals surface area contributed by atoms with Crippen LogP contribution >= 0.6 is 43.2 Å². The minimum atomic E-state index is -0.972. The van der Waals surface area contributed by atoms with Crippen LogP contribution in [0.1, 0.15) is 30.1 Å². The average molecular weight is 397 g/mol. The topological polar surface area (TPSA) is 57.6 Å². The summed E-state index contributed by atoms with van der Waals surface area (Å²) in [4.78, 5) is 25.0. The molecular weight excluding hydrogens is 386 g/mol. The van der Waals surface area contributed by atoms with E-state index in [-0.39, 0.29) is 11.9 Å². The molecule has 0 radical (unpaired) electrons. The first-order valence-corrected chi connectivity index (χ1v) is 7.82. The van der Waals surface area contributed by atoms with Gasteiger partial charge >= 0.3 is 5.97 Å². The Labute approximate surface area is 125 Å². The fraction of sp³-hybridized carbons (Fsp3) is 0.455. The Morgan fingerprint density at radius 1 is 1.50 bits per heavy atom. The van der Waals surface area contributed by atoms with E-state index in [9.17, 15) is 9.59 Å². The van der Waals surface area contributed by atoms with Crippen molar-refractivity contribution in [2.75, 3.05) is 0 Å². The van der Waals surface area contributed by atoms with Crippen LogP contribution in [0.25, 0.3) is 0 Å². The zero-order valence-electron chi connectivity index (χ0n) is 9.52. The number of carbonyl (C=O) groups is 2. The molecule has 7 heteroatoms. The van der Waals surface area contributed by atoms with Gasteiger partial charge in [0.25, 0.3) is 5.91 Å². The van der Waals surface area contributed by atoms with Gasteiger partial charge in [-0.25, -0.2) is 4.79 Å². The second-order valence-corrected chi connectivity index (χ2v) is 7.95. The highest BCUT2D eigenvalue weighted by molar-refractivity contribution is 9.12. The Balaban J connectivity index is 2.29. The van der Waals surface area contributed by atoms with Crippen molar-refractivity contribution in [3.63, 3.8) is 0 Å². The quantitative estimate of drug-likeness (QED) is 0.848. The third kappa shape index (κ3) is 2.78. The van der Waals surface area contributed by atoms with E-state index in [1.807, 2.05) is 0 Å². The fourth-order valence-corrected chi connectivity index (χ4v) is 4.53. The Bertz CT molecular complexity index is 498. The number of halogens is 2. The van der Waals surface area contributed by atoms with Crippen LogP contribution in [0, 0.1) is 0 Å². The van der Waals surface area contributed by atoms with Crippen molar-refractivity contribution in [1.82, 2.24) is 4.90 Å². The number of hydrogen-bond donors (Lipinski definition) is 1.